The van der Waals surface area contributed by atoms with Gasteiger partial charge in [-0.15, -0.1) is 0 Å². The molecule has 0 spiro atoms. The van der Waals surface area contributed by atoms with Crippen LogP contribution in [-0.2, 0) is 0 Å². The Labute approximate surface area is 129 Å². The van der Waals surface area contributed by atoms with Gasteiger partial charge < -0.3 is 5.32 Å². The Morgan fingerprint density at radius 1 is 1.10 bits per heavy atom. The number of fused-ring (bicyclic) bond motifs is 1. The van der Waals surface area contributed by atoms with E-state index in [2.05, 4.69) is 46.5 Å². The van der Waals surface area contributed by atoms with E-state index in [1.165, 1.54) is 0 Å². The first-order valence-corrected chi connectivity index (χ1v) is 7.36. The van der Waals surface area contributed by atoms with Crippen molar-refractivity contribution in [2.75, 3.05) is 6.54 Å². The van der Waals surface area contributed by atoms with E-state index < -0.39 is 0 Å². The van der Waals surface area contributed by atoms with Gasteiger partial charge in [-0.25, -0.2) is 0 Å². The van der Waals surface area contributed by atoms with Crippen LogP contribution >= 0.6 is 11.6 Å². The topological polar surface area (TPSA) is 37.8 Å². The molecule has 0 amide bonds. The molecule has 3 aromatic rings. The van der Waals surface area contributed by atoms with E-state index in [0.717, 1.165) is 28.7 Å². The van der Waals surface area contributed by atoms with Crippen molar-refractivity contribution in [3.8, 4) is 0 Å². The number of pyridine rings is 2. The van der Waals surface area contributed by atoms with Gasteiger partial charge in [0, 0.05) is 17.8 Å². The van der Waals surface area contributed by atoms with Crippen molar-refractivity contribution in [2.45, 2.75) is 13.0 Å². The molecule has 4 heteroatoms. The number of nitrogens with zero attached hydrogens (tertiary/aromatic N) is 2. The van der Waals surface area contributed by atoms with Gasteiger partial charge in [-0.3, -0.25) is 9.97 Å². The molecule has 21 heavy (non-hydrogen) atoms. The molecule has 3 rings (SSSR count). The lowest BCUT2D eigenvalue weighted by Gasteiger charge is -2.19. The minimum atomic E-state index is -0.0323. The Morgan fingerprint density at radius 3 is 2.71 bits per heavy atom. The summed E-state index contributed by atoms with van der Waals surface area (Å²) < 4.78 is 0. The molecular formula is C17H16ClN3. The largest absolute Gasteiger partial charge is 0.305 e. The second kappa shape index (κ2) is 6.20. The number of benzene rings is 1. The molecule has 1 aromatic carbocycles. The van der Waals surface area contributed by atoms with Crippen molar-refractivity contribution in [1.82, 2.24) is 15.3 Å². The second-order valence-electron chi connectivity index (χ2n) is 4.82. The minimum absolute atomic E-state index is 0.0323. The van der Waals surface area contributed by atoms with Crippen LogP contribution in [0.5, 0.6) is 0 Å². The third-order valence-electron chi connectivity index (χ3n) is 3.43. The molecule has 0 radical (unpaired) electrons. The molecule has 0 fully saturated rings. The van der Waals surface area contributed by atoms with Crippen LogP contribution in [0, 0.1) is 0 Å². The van der Waals surface area contributed by atoms with Crippen LogP contribution in [0.15, 0.2) is 54.9 Å². The van der Waals surface area contributed by atoms with Crippen molar-refractivity contribution in [3.05, 3.63) is 71.1 Å². The lowest BCUT2D eigenvalue weighted by molar-refractivity contribution is 0.616. The van der Waals surface area contributed by atoms with Crippen LogP contribution in [0.25, 0.3) is 10.9 Å². The quantitative estimate of drug-likeness (QED) is 0.791. The molecule has 2 heterocycles. The van der Waals surface area contributed by atoms with E-state index in [1.54, 1.807) is 6.20 Å². The normalized spacial score (nSPS) is 12.5. The Bertz CT molecular complexity index is 758. The van der Waals surface area contributed by atoms with Gasteiger partial charge in [0.2, 0.25) is 0 Å². The molecule has 0 saturated carbocycles. The third-order valence-corrected chi connectivity index (χ3v) is 3.75. The van der Waals surface area contributed by atoms with Crippen LogP contribution in [-0.4, -0.2) is 16.5 Å². The zero-order chi connectivity index (χ0) is 14.7. The summed E-state index contributed by atoms with van der Waals surface area (Å²) in [6.07, 6.45) is 3.58. The summed E-state index contributed by atoms with van der Waals surface area (Å²) in [4.78, 5) is 8.86. The van der Waals surface area contributed by atoms with Crippen molar-refractivity contribution in [2.24, 2.45) is 0 Å². The Morgan fingerprint density at radius 2 is 1.90 bits per heavy atom. The second-order valence-corrected chi connectivity index (χ2v) is 5.22. The monoisotopic (exact) mass is 297 g/mol. The van der Waals surface area contributed by atoms with Gasteiger partial charge in [0.15, 0.2) is 0 Å². The van der Waals surface area contributed by atoms with E-state index in [9.17, 15) is 0 Å². The van der Waals surface area contributed by atoms with E-state index in [4.69, 9.17) is 11.6 Å². The maximum atomic E-state index is 6.30. The number of hydrogen-bond donors (Lipinski definition) is 1. The summed E-state index contributed by atoms with van der Waals surface area (Å²) in [5.41, 5.74) is 2.94. The van der Waals surface area contributed by atoms with Crippen molar-refractivity contribution in [3.63, 3.8) is 0 Å². The van der Waals surface area contributed by atoms with Crippen molar-refractivity contribution >= 4 is 22.5 Å². The fourth-order valence-corrected chi connectivity index (χ4v) is 2.68. The maximum absolute atomic E-state index is 6.30. The van der Waals surface area contributed by atoms with Gasteiger partial charge in [-0.05, 0) is 36.4 Å². The van der Waals surface area contributed by atoms with E-state index in [1.807, 2.05) is 24.4 Å². The van der Waals surface area contributed by atoms with Gasteiger partial charge in [0.1, 0.15) is 0 Å². The highest BCUT2D eigenvalue weighted by Gasteiger charge is 2.17. The third kappa shape index (κ3) is 2.89. The molecule has 1 unspecified atom stereocenters. The fourth-order valence-electron chi connectivity index (χ4n) is 2.45. The molecule has 0 aliphatic carbocycles. The lowest BCUT2D eigenvalue weighted by atomic mass is 10.0. The molecule has 0 saturated heterocycles. The van der Waals surface area contributed by atoms with Crippen LogP contribution < -0.4 is 5.32 Å². The summed E-state index contributed by atoms with van der Waals surface area (Å²) in [7, 11) is 0. The molecule has 3 nitrogen and oxygen atoms in total. The first-order valence-electron chi connectivity index (χ1n) is 6.98. The average Bonchev–Trinajstić information content (AvgIpc) is 2.53. The molecule has 2 aromatic heterocycles. The molecule has 0 aliphatic rings. The van der Waals surface area contributed by atoms with Crippen molar-refractivity contribution in [1.29, 1.82) is 0 Å². The first-order chi connectivity index (χ1) is 10.3. The maximum Gasteiger partial charge on any atom is 0.0804 e. The number of rotatable bonds is 4. The number of aromatic nitrogens is 2. The Kier molecular flexibility index (Phi) is 4.13. The number of hydrogen-bond acceptors (Lipinski definition) is 3. The highest BCUT2D eigenvalue weighted by Crippen LogP contribution is 2.27. The summed E-state index contributed by atoms with van der Waals surface area (Å²) in [5, 5.41) is 5.25. The number of nitrogens with one attached hydrogen (secondary N) is 1. The van der Waals surface area contributed by atoms with E-state index in [-0.39, 0.29) is 6.04 Å². The first kappa shape index (κ1) is 14.0. The molecule has 1 N–H and O–H groups in total. The summed E-state index contributed by atoms with van der Waals surface area (Å²) in [6.45, 7) is 2.90. The Hall–Kier alpha value is -1.97. The summed E-state index contributed by atoms with van der Waals surface area (Å²) in [5.74, 6) is 0. The van der Waals surface area contributed by atoms with Crippen LogP contribution in [0.2, 0.25) is 5.02 Å². The SMILES string of the molecule is CCNC(c1ccc2cccnc2c1)c1ncccc1Cl. The van der Waals surface area contributed by atoms with Crippen LogP contribution in [0.3, 0.4) is 0 Å². The van der Waals surface area contributed by atoms with Gasteiger partial charge in [0.25, 0.3) is 0 Å². The highest BCUT2D eigenvalue weighted by atomic mass is 35.5. The van der Waals surface area contributed by atoms with Crippen molar-refractivity contribution < 1.29 is 0 Å². The summed E-state index contributed by atoms with van der Waals surface area (Å²) in [6, 6.07) is 14.0. The van der Waals surface area contributed by atoms with Gasteiger partial charge >= 0.3 is 0 Å². The zero-order valence-corrected chi connectivity index (χ0v) is 12.5. The molecular weight excluding hydrogens is 282 g/mol. The van der Waals surface area contributed by atoms with E-state index in [0.29, 0.717) is 5.02 Å². The average molecular weight is 298 g/mol. The number of halogens is 1. The Balaban J connectivity index is 2.09. The lowest BCUT2D eigenvalue weighted by Crippen LogP contribution is -2.23. The molecule has 106 valence electrons. The van der Waals surface area contributed by atoms with Gasteiger partial charge in [-0.2, -0.15) is 0 Å². The minimum Gasteiger partial charge on any atom is -0.305 e. The van der Waals surface area contributed by atoms with Crippen LogP contribution in [0.4, 0.5) is 0 Å². The predicted octanol–water partition coefficient (Wildman–Crippen LogP) is 3.98. The van der Waals surface area contributed by atoms with Crippen LogP contribution in [0.1, 0.15) is 24.2 Å². The van der Waals surface area contributed by atoms with Gasteiger partial charge in [0.05, 0.1) is 22.3 Å². The highest BCUT2D eigenvalue weighted by molar-refractivity contribution is 6.31. The van der Waals surface area contributed by atoms with Gasteiger partial charge in [-0.1, -0.05) is 36.7 Å². The fraction of sp³-hybridized carbons (Fsp3) is 0.176. The standard InChI is InChI=1S/C17H16ClN3/c1-2-19-16(17-14(18)6-4-10-21-17)13-8-7-12-5-3-9-20-15(12)11-13/h3-11,16,19H,2H2,1H3. The molecule has 1 atom stereocenters. The molecule has 0 bridgehead atoms. The molecule has 0 aliphatic heterocycles. The summed E-state index contributed by atoms with van der Waals surface area (Å²) >= 11 is 6.30. The smallest absolute Gasteiger partial charge is 0.0804 e. The zero-order valence-electron chi connectivity index (χ0n) is 11.8. The van der Waals surface area contributed by atoms with E-state index >= 15 is 0 Å². The predicted molar refractivity (Wildman–Crippen MR) is 86.5 cm³/mol.